The standard InChI is InChI=1S/C4H8O.C3H6O.C2H6OS.C2H6O.H2O/c1-2-4-5-3-1;1-3(2)4;1-4(2)3;1-2-3;/h1-4H2;2*1-2H3;3H,2H2,1H3;1H2. The van der Waals surface area contributed by atoms with Crippen molar-refractivity contribution in [3.8, 4) is 0 Å². The van der Waals surface area contributed by atoms with Gasteiger partial charge in [0.2, 0.25) is 0 Å². The molecule has 3 N–H and O–H groups in total. The molecule has 1 saturated heterocycles. The van der Waals surface area contributed by atoms with Gasteiger partial charge in [-0.1, -0.05) is 0 Å². The van der Waals surface area contributed by atoms with Crippen molar-refractivity contribution in [1.29, 1.82) is 0 Å². The van der Waals surface area contributed by atoms with Gasteiger partial charge in [0, 0.05) is 43.1 Å². The van der Waals surface area contributed by atoms with Gasteiger partial charge in [0.1, 0.15) is 5.78 Å². The third-order valence-electron chi connectivity index (χ3n) is 0.827. The first kappa shape index (κ1) is 25.5. The van der Waals surface area contributed by atoms with E-state index in [0.717, 1.165) is 13.2 Å². The SMILES string of the molecule is C1CCOC1.CC(C)=O.CCO.CS(C)=O.O. The summed E-state index contributed by atoms with van der Waals surface area (Å²) < 4.78 is 14.5. The summed E-state index contributed by atoms with van der Waals surface area (Å²) in [4.78, 5) is 9.44. The third-order valence-corrected chi connectivity index (χ3v) is 0.827. The molecule has 0 aromatic rings. The summed E-state index contributed by atoms with van der Waals surface area (Å²) >= 11 is 0. The average Bonchev–Trinajstić information content (AvgIpc) is 2.57. The number of aliphatic hydroxyl groups is 1. The van der Waals surface area contributed by atoms with Gasteiger partial charge in [0.05, 0.1) is 0 Å². The summed E-state index contributed by atoms with van der Waals surface area (Å²) in [6, 6.07) is 0. The second-order valence-electron chi connectivity index (χ2n) is 3.29. The lowest BCUT2D eigenvalue weighted by Gasteiger charge is -1.76. The highest BCUT2D eigenvalue weighted by molar-refractivity contribution is 7.83. The number of carbonyl (C=O) groups is 1. The molecule has 17 heavy (non-hydrogen) atoms. The van der Waals surface area contributed by atoms with E-state index in [-0.39, 0.29) is 17.9 Å². The van der Waals surface area contributed by atoms with E-state index in [9.17, 15) is 9.00 Å². The Morgan fingerprint density at radius 3 is 1.47 bits per heavy atom. The van der Waals surface area contributed by atoms with Crippen LogP contribution < -0.4 is 0 Å². The van der Waals surface area contributed by atoms with E-state index in [2.05, 4.69) is 0 Å². The maximum Gasteiger partial charge on any atom is 0.126 e. The Hall–Kier alpha value is -0.300. The molecule has 0 spiro atoms. The van der Waals surface area contributed by atoms with Crippen LogP contribution in [0.3, 0.4) is 0 Å². The molecular formula is C11H28O5S. The van der Waals surface area contributed by atoms with Gasteiger partial charge in [0.15, 0.2) is 0 Å². The normalized spacial score (nSPS) is 11.7. The molecule has 0 aromatic carbocycles. The van der Waals surface area contributed by atoms with Crippen molar-refractivity contribution in [2.75, 3.05) is 32.3 Å². The molecule has 0 amide bonds. The number of aliphatic hydroxyl groups excluding tert-OH is 1. The van der Waals surface area contributed by atoms with Crippen LogP contribution >= 0.6 is 0 Å². The van der Waals surface area contributed by atoms with Crippen LogP contribution in [-0.2, 0) is 20.3 Å². The first-order valence-corrected chi connectivity index (χ1v) is 7.25. The van der Waals surface area contributed by atoms with Crippen LogP contribution in [0.1, 0.15) is 33.6 Å². The number of carbonyl (C=O) groups excluding carboxylic acids is 1. The lowest BCUT2D eigenvalue weighted by Crippen LogP contribution is -1.74. The van der Waals surface area contributed by atoms with E-state index in [1.54, 1.807) is 19.4 Å². The topological polar surface area (TPSA) is 95.1 Å². The molecule has 1 fully saturated rings. The number of hydrogen-bond donors (Lipinski definition) is 1. The highest BCUT2D eigenvalue weighted by atomic mass is 32.2. The van der Waals surface area contributed by atoms with Gasteiger partial charge in [-0.2, -0.15) is 0 Å². The number of ether oxygens (including phenoxy) is 1. The van der Waals surface area contributed by atoms with Crippen LogP contribution in [0.2, 0.25) is 0 Å². The van der Waals surface area contributed by atoms with Crippen LogP contribution in [0.15, 0.2) is 0 Å². The van der Waals surface area contributed by atoms with Gasteiger partial charge in [-0.15, -0.1) is 0 Å². The third kappa shape index (κ3) is 133. The fraction of sp³-hybridized carbons (Fsp3) is 0.909. The Kier molecular flexibility index (Phi) is 37.2. The molecule has 0 saturated carbocycles. The van der Waals surface area contributed by atoms with E-state index >= 15 is 0 Å². The number of ketones is 1. The van der Waals surface area contributed by atoms with Gasteiger partial charge in [-0.05, 0) is 33.6 Å². The van der Waals surface area contributed by atoms with Gasteiger partial charge in [-0.25, -0.2) is 0 Å². The van der Waals surface area contributed by atoms with Crippen LogP contribution in [0, 0.1) is 0 Å². The fourth-order valence-corrected chi connectivity index (χ4v) is 0.510. The van der Waals surface area contributed by atoms with Crippen LogP contribution in [0.4, 0.5) is 0 Å². The first-order chi connectivity index (χ1) is 7.38. The maximum absolute atomic E-state index is 9.56. The van der Waals surface area contributed by atoms with Crippen molar-refractivity contribution in [1.82, 2.24) is 0 Å². The molecule has 0 unspecified atom stereocenters. The van der Waals surface area contributed by atoms with Crippen LogP contribution in [0.5, 0.6) is 0 Å². The summed E-state index contributed by atoms with van der Waals surface area (Å²) in [5.41, 5.74) is 0. The Morgan fingerprint density at radius 1 is 1.24 bits per heavy atom. The molecule has 108 valence electrons. The van der Waals surface area contributed by atoms with Crippen molar-refractivity contribution in [3.63, 3.8) is 0 Å². The zero-order valence-electron chi connectivity index (χ0n) is 11.6. The molecule has 6 heteroatoms. The van der Waals surface area contributed by atoms with Gasteiger partial charge < -0.3 is 20.1 Å². The number of Topliss-reactive ketones (excluding diaryl/α,β-unsaturated/α-hetero) is 1. The van der Waals surface area contributed by atoms with Gasteiger partial charge in [-0.3, -0.25) is 4.21 Å². The second-order valence-corrected chi connectivity index (χ2v) is 4.77. The Bertz CT molecular complexity index is 130. The molecule has 0 bridgehead atoms. The first-order valence-electron chi connectivity index (χ1n) is 5.29. The number of hydrogen-bond acceptors (Lipinski definition) is 4. The van der Waals surface area contributed by atoms with Crippen LogP contribution in [-0.4, -0.2) is 52.9 Å². The van der Waals surface area contributed by atoms with E-state index < -0.39 is 10.8 Å². The molecule has 1 rings (SSSR count). The van der Waals surface area contributed by atoms with Crippen molar-refractivity contribution in [3.05, 3.63) is 0 Å². The summed E-state index contributed by atoms with van der Waals surface area (Å²) in [5, 5.41) is 7.57. The Balaban J connectivity index is -0.0000000664. The van der Waals surface area contributed by atoms with Crippen molar-refractivity contribution in [2.24, 2.45) is 0 Å². The summed E-state index contributed by atoms with van der Waals surface area (Å²) in [6.07, 6.45) is 5.83. The van der Waals surface area contributed by atoms with Crippen molar-refractivity contribution >= 4 is 16.6 Å². The van der Waals surface area contributed by atoms with E-state index in [0.29, 0.717) is 0 Å². The fourth-order valence-electron chi connectivity index (χ4n) is 0.510. The minimum absolute atomic E-state index is 0. The highest BCUT2D eigenvalue weighted by Gasteiger charge is 1.94. The molecular weight excluding hydrogens is 244 g/mol. The monoisotopic (exact) mass is 272 g/mol. The second kappa shape index (κ2) is 24.8. The predicted octanol–water partition coefficient (Wildman–Crippen LogP) is 0.561. The molecule has 0 aromatic heterocycles. The van der Waals surface area contributed by atoms with E-state index in [1.807, 2.05) is 0 Å². The summed E-state index contributed by atoms with van der Waals surface area (Å²) in [6.45, 7) is 6.99. The predicted molar refractivity (Wildman–Crippen MR) is 72.8 cm³/mol. The van der Waals surface area contributed by atoms with Crippen molar-refractivity contribution < 1.29 is 24.3 Å². The minimum Gasteiger partial charge on any atom is -0.412 e. The number of rotatable bonds is 0. The average molecular weight is 272 g/mol. The van der Waals surface area contributed by atoms with E-state index in [4.69, 9.17) is 9.84 Å². The molecule has 1 aliphatic rings. The van der Waals surface area contributed by atoms with Crippen molar-refractivity contribution in [2.45, 2.75) is 33.6 Å². The zero-order chi connectivity index (χ0) is 13.4. The summed E-state index contributed by atoms with van der Waals surface area (Å²) in [7, 11) is -0.611. The molecule has 0 aliphatic carbocycles. The smallest absolute Gasteiger partial charge is 0.126 e. The molecule has 0 radical (unpaired) electrons. The van der Waals surface area contributed by atoms with Gasteiger partial charge in [0.25, 0.3) is 0 Å². The maximum atomic E-state index is 9.56. The molecule has 0 atom stereocenters. The minimum atomic E-state index is -0.611. The highest BCUT2D eigenvalue weighted by Crippen LogP contribution is 1.98. The lowest BCUT2D eigenvalue weighted by molar-refractivity contribution is -0.114. The Morgan fingerprint density at radius 2 is 1.41 bits per heavy atom. The Labute approximate surface area is 107 Å². The van der Waals surface area contributed by atoms with Crippen LogP contribution in [0.25, 0.3) is 0 Å². The quantitative estimate of drug-likeness (QED) is 0.697. The summed E-state index contributed by atoms with van der Waals surface area (Å²) in [5.74, 6) is 0.167. The molecule has 1 aliphatic heterocycles. The largest absolute Gasteiger partial charge is 0.412 e. The van der Waals surface area contributed by atoms with Gasteiger partial charge >= 0.3 is 0 Å². The van der Waals surface area contributed by atoms with E-state index in [1.165, 1.54) is 26.7 Å². The lowest BCUT2D eigenvalue weighted by atomic mass is 10.4. The molecule has 5 nitrogen and oxygen atoms in total. The molecule has 1 heterocycles. The zero-order valence-corrected chi connectivity index (χ0v) is 12.4.